The highest BCUT2D eigenvalue weighted by Gasteiger charge is 2.29. The fourth-order valence-corrected chi connectivity index (χ4v) is 6.68. The molecule has 1 aliphatic rings. The van der Waals surface area contributed by atoms with Crippen molar-refractivity contribution in [2.45, 2.75) is 70.7 Å². The summed E-state index contributed by atoms with van der Waals surface area (Å²) in [5, 5.41) is 5.68. The Morgan fingerprint density at radius 2 is 1.66 bits per heavy atom. The largest absolute Gasteiger partial charge is 0.444 e. The van der Waals surface area contributed by atoms with Gasteiger partial charge in [-0.05, 0) is 93.5 Å². The van der Waals surface area contributed by atoms with Crippen LogP contribution in [0.4, 0.5) is 13.6 Å². The average Bonchev–Trinajstić information content (AvgIpc) is 3.55. The van der Waals surface area contributed by atoms with E-state index in [0.29, 0.717) is 37.0 Å². The number of carbonyl (C=O) groups is 2. The van der Waals surface area contributed by atoms with Crippen molar-refractivity contribution in [1.29, 1.82) is 0 Å². The molecule has 0 saturated heterocycles. The van der Waals surface area contributed by atoms with Crippen LogP contribution in [0.5, 0.6) is 0 Å². The van der Waals surface area contributed by atoms with Gasteiger partial charge in [-0.3, -0.25) is 14.2 Å². The summed E-state index contributed by atoms with van der Waals surface area (Å²) in [5.41, 5.74) is 1.69. The smallest absolute Gasteiger partial charge is 0.407 e. The molecule has 53 heavy (non-hydrogen) atoms. The minimum atomic E-state index is -0.706. The second-order valence-corrected chi connectivity index (χ2v) is 14.1. The van der Waals surface area contributed by atoms with E-state index in [-0.39, 0.29) is 29.3 Å². The Bertz CT molecular complexity index is 2480. The molecule has 0 spiro atoms. The number of amides is 2. The van der Waals surface area contributed by atoms with Gasteiger partial charge in [-0.15, -0.1) is 0 Å². The van der Waals surface area contributed by atoms with Crippen LogP contribution in [0.25, 0.3) is 33.5 Å². The number of nitrogens with zero attached hydrogens (tertiary/aromatic N) is 5. The number of hydrogen-bond donors (Lipinski definition) is 2. The Labute approximate surface area is 302 Å². The van der Waals surface area contributed by atoms with E-state index in [4.69, 9.17) is 4.74 Å². The van der Waals surface area contributed by atoms with Crippen LogP contribution in [0.3, 0.4) is 0 Å². The van der Waals surface area contributed by atoms with Gasteiger partial charge in [0.1, 0.15) is 28.6 Å². The van der Waals surface area contributed by atoms with Crippen molar-refractivity contribution in [3.8, 4) is 16.8 Å². The lowest BCUT2D eigenvalue weighted by Gasteiger charge is -2.30. The zero-order valence-corrected chi connectivity index (χ0v) is 29.3. The monoisotopic (exact) mass is 721 g/mol. The van der Waals surface area contributed by atoms with Gasteiger partial charge in [-0.1, -0.05) is 36.4 Å². The minimum absolute atomic E-state index is 0.0319. The van der Waals surface area contributed by atoms with Crippen LogP contribution in [-0.2, 0) is 11.3 Å². The molecule has 6 aromatic rings. The fraction of sp³-hybridized carbons (Fsp3) is 0.282. The lowest BCUT2D eigenvalue weighted by Crippen LogP contribution is -2.45. The van der Waals surface area contributed by atoms with Crippen molar-refractivity contribution in [2.75, 3.05) is 0 Å². The summed E-state index contributed by atoms with van der Waals surface area (Å²) in [6, 6.07) is 17.8. The molecule has 0 bridgehead atoms. The number of pyridine rings is 2. The molecular formula is C39H37F2N7O5. The molecule has 7 rings (SSSR count). The molecule has 1 aliphatic carbocycles. The van der Waals surface area contributed by atoms with Crippen molar-refractivity contribution in [2.24, 2.45) is 0 Å². The van der Waals surface area contributed by atoms with E-state index in [1.54, 1.807) is 39.0 Å². The highest BCUT2D eigenvalue weighted by Crippen LogP contribution is 2.29. The van der Waals surface area contributed by atoms with Crippen molar-refractivity contribution >= 4 is 28.7 Å². The van der Waals surface area contributed by atoms with Crippen molar-refractivity contribution in [1.82, 2.24) is 34.1 Å². The number of imidazole rings is 1. The van der Waals surface area contributed by atoms with Crippen LogP contribution in [0.15, 0.2) is 94.9 Å². The first-order valence-corrected chi connectivity index (χ1v) is 17.3. The number of alkyl carbamates (subject to hydrolysis) is 1. The lowest BCUT2D eigenvalue weighted by atomic mass is 9.90. The molecule has 0 atom stereocenters. The molecule has 0 unspecified atom stereocenters. The first-order valence-electron chi connectivity index (χ1n) is 17.3. The molecule has 12 nitrogen and oxygen atoms in total. The summed E-state index contributed by atoms with van der Waals surface area (Å²) >= 11 is 0. The van der Waals surface area contributed by atoms with Crippen LogP contribution < -0.4 is 21.9 Å². The topological polar surface area (TPSA) is 142 Å². The van der Waals surface area contributed by atoms with Crippen LogP contribution >= 0.6 is 0 Å². The van der Waals surface area contributed by atoms with Crippen LogP contribution in [0, 0.1) is 11.6 Å². The first-order chi connectivity index (χ1) is 25.3. The molecule has 2 aromatic carbocycles. The molecule has 1 saturated carbocycles. The fourth-order valence-electron chi connectivity index (χ4n) is 6.68. The van der Waals surface area contributed by atoms with Gasteiger partial charge in [0.2, 0.25) is 0 Å². The van der Waals surface area contributed by atoms with Gasteiger partial charge in [-0.2, -0.15) is 0 Å². The Kier molecular flexibility index (Phi) is 9.37. The number of benzene rings is 2. The van der Waals surface area contributed by atoms with Crippen molar-refractivity contribution < 1.29 is 23.1 Å². The quantitative estimate of drug-likeness (QED) is 0.204. The Hall–Kier alpha value is -6.18. The van der Waals surface area contributed by atoms with Crippen LogP contribution in [-0.4, -0.2) is 47.1 Å². The van der Waals surface area contributed by atoms with Gasteiger partial charge in [-0.25, -0.2) is 32.9 Å². The van der Waals surface area contributed by atoms with E-state index in [9.17, 15) is 28.0 Å². The summed E-state index contributed by atoms with van der Waals surface area (Å²) in [6.07, 6.45) is 4.91. The summed E-state index contributed by atoms with van der Waals surface area (Å²) in [5.74, 6) is -1.56. The number of ether oxygens (including phenoxy) is 1. The van der Waals surface area contributed by atoms with Gasteiger partial charge in [0.25, 0.3) is 11.5 Å². The SMILES string of the molecule is CC(C)(C)OC(=O)NCc1ccc(-c2cccc(-n3c(=O)n([C@H]4CC[C@@H](NC(=O)c5cn6cc(F)ccc6n5)CC4)c(=O)c4cc(F)cnc43)c2)cc1. The summed E-state index contributed by atoms with van der Waals surface area (Å²) in [4.78, 5) is 61.6. The number of aromatic nitrogens is 5. The van der Waals surface area contributed by atoms with Gasteiger partial charge in [0.15, 0.2) is 5.65 Å². The molecule has 14 heteroatoms. The zero-order valence-electron chi connectivity index (χ0n) is 29.3. The molecule has 1 fully saturated rings. The maximum atomic E-state index is 14.5. The van der Waals surface area contributed by atoms with E-state index in [2.05, 4.69) is 20.6 Å². The number of halogens is 2. The van der Waals surface area contributed by atoms with E-state index >= 15 is 0 Å². The van der Waals surface area contributed by atoms with E-state index in [1.807, 2.05) is 30.3 Å². The second kappa shape index (κ2) is 14.1. The maximum absolute atomic E-state index is 14.5. The molecule has 4 heterocycles. The lowest BCUT2D eigenvalue weighted by molar-refractivity contribution is 0.0523. The summed E-state index contributed by atoms with van der Waals surface area (Å²) in [6.45, 7) is 5.66. The summed E-state index contributed by atoms with van der Waals surface area (Å²) < 4.78 is 37.4. The Balaban J connectivity index is 1.12. The standard InChI is InChI=1S/C39H37F2N7O5/c1-39(2,3)53-37(51)43-19-23-7-9-24(10-8-23)25-5-4-6-30(17-25)47-34-31(18-27(41)20-42-34)36(50)48(38(47)52)29-14-12-28(13-15-29)44-35(49)32-22-46-21-26(40)11-16-33(46)45-32/h4-11,16-18,20-22,28-29H,12-15,19H2,1-3H3,(H,43,51)(H,44,49)/t28-,29+. The van der Waals surface area contributed by atoms with Gasteiger partial charge < -0.3 is 19.8 Å². The van der Waals surface area contributed by atoms with Crippen molar-refractivity contribution in [3.63, 3.8) is 0 Å². The van der Waals surface area contributed by atoms with Crippen molar-refractivity contribution in [3.05, 3.63) is 129 Å². The minimum Gasteiger partial charge on any atom is -0.444 e. The third-order valence-corrected chi connectivity index (χ3v) is 9.16. The number of carbonyl (C=O) groups excluding carboxylic acids is 2. The molecule has 0 aliphatic heterocycles. The molecule has 2 amide bonds. The summed E-state index contributed by atoms with van der Waals surface area (Å²) in [7, 11) is 0. The third kappa shape index (κ3) is 7.57. The van der Waals surface area contributed by atoms with Gasteiger partial charge in [0, 0.05) is 31.0 Å². The molecule has 4 aromatic heterocycles. The number of fused-ring (bicyclic) bond motifs is 2. The number of rotatable bonds is 7. The van der Waals surface area contributed by atoms with E-state index in [1.165, 1.54) is 38.1 Å². The van der Waals surface area contributed by atoms with Gasteiger partial charge >= 0.3 is 11.8 Å². The van der Waals surface area contributed by atoms with E-state index in [0.717, 1.165) is 29.0 Å². The van der Waals surface area contributed by atoms with Crippen LogP contribution in [0.1, 0.15) is 68.5 Å². The van der Waals surface area contributed by atoms with Crippen LogP contribution in [0.2, 0.25) is 0 Å². The number of nitrogens with one attached hydrogen (secondary N) is 2. The second-order valence-electron chi connectivity index (χ2n) is 14.1. The molecule has 2 N–H and O–H groups in total. The average molecular weight is 722 g/mol. The highest BCUT2D eigenvalue weighted by molar-refractivity contribution is 5.93. The zero-order chi connectivity index (χ0) is 37.4. The molecular weight excluding hydrogens is 684 g/mol. The number of hydrogen-bond acceptors (Lipinski definition) is 7. The Morgan fingerprint density at radius 3 is 2.40 bits per heavy atom. The molecule has 272 valence electrons. The molecule has 0 radical (unpaired) electrons. The maximum Gasteiger partial charge on any atom is 0.407 e. The highest BCUT2D eigenvalue weighted by atomic mass is 19.1. The predicted molar refractivity (Wildman–Crippen MR) is 194 cm³/mol. The van der Waals surface area contributed by atoms with Gasteiger partial charge in [0.05, 0.1) is 17.3 Å². The van der Waals surface area contributed by atoms with E-state index < -0.39 is 46.5 Å². The normalized spacial score (nSPS) is 16.1. The Morgan fingerprint density at radius 1 is 0.906 bits per heavy atom. The predicted octanol–water partition coefficient (Wildman–Crippen LogP) is 6.08. The first kappa shape index (κ1) is 35.2. The third-order valence-electron chi connectivity index (χ3n) is 9.16.